The summed E-state index contributed by atoms with van der Waals surface area (Å²) in [6.45, 7) is 0. The summed E-state index contributed by atoms with van der Waals surface area (Å²) in [5.41, 5.74) is 0.0788. The van der Waals surface area contributed by atoms with E-state index in [9.17, 15) is 17.8 Å². The molecule has 9 heteroatoms. The SMILES string of the molecule is O=Cc1ccc(-c2ccc(Oc3ccc(Cl)cc3Cl)cc2S(=O)(=O)O)o1. The quantitative estimate of drug-likeness (QED) is 0.462. The van der Waals surface area contributed by atoms with Crippen LogP contribution in [0.4, 0.5) is 0 Å². The topological polar surface area (TPSA) is 93.8 Å². The van der Waals surface area contributed by atoms with Crippen molar-refractivity contribution in [1.29, 1.82) is 0 Å². The molecule has 1 N–H and O–H groups in total. The zero-order valence-electron chi connectivity index (χ0n) is 12.8. The molecule has 0 aliphatic carbocycles. The molecule has 0 amide bonds. The number of hydrogen-bond acceptors (Lipinski definition) is 5. The summed E-state index contributed by atoms with van der Waals surface area (Å²) in [6.07, 6.45) is 0.483. The monoisotopic (exact) mass is 412 g/mol. The minimum atomic E-state index is -4.59. The van der Waals surface area contributed by atoms with Crippen LogP contribution in [0.15, 0.2) is 57.8 Å². The lowest BCUT2D eigenvalue weighted by molar-refractivity contribution is 0.110. The first-order valence-electron chi connectivity index (χ1n) is 7.08. The maximum absolute atomic E-state index is 11.8. The molecule has 0 unspecified atom stereocenters. The Morgan fingerprint density at radius 2 is 1.81 bits per heavy atom. The number of aldehydes is 1. The van der Waals surface area contributed by atoms with Crippen LogP contribution in [0.5, 0.6) is 11.5 Å². The molecule has 0 spiro atoms. The van der Waals surface area contributed by atoms with Gasteiger partial charge in [-0.05, 0) is 42.5 Å². The molecule has 6 nitrogen and oxygen atoms in total. The third-order valence-electron chi connectivity index (χ3n) is 3.36. The van der Waals surface area contributed by atoms with E-state index in [0.29, 0.717) is 11.3 Å². The molecular formula is C17H10Cl2O6S. The zero-order valence-corrected chi connectivity index (χ0v) is 15.2. The molecule has 1 heterocycles. The van der Waals surface area contributed by atoms with E-state index in [-0.39, 0.29) is 33.6 Å². The second-order valence-corrected chi connectivity index (χ2v) is 7.36. The molecule has 0 atom stereocenters. The van der Waals surface area contributed by atoms with E-state index in [1.165, 1.54) is 36.4 Å². The molecule has 0 radical (unpaired) electrons. The first-order valence-corrected chi connectivity index (χ1v) is 9.27. The zero-order chi connectivity index (χ0) is 18.9. The van der Waals surface area contributed by atoms with Crippen LogP contribution in [0.25, 0.3) is 11.3 Å². The van der Waals surface area contributed by atoms with Crippen molar-refractivity contribution in [3.05, 3.63) is 64.3 Å². The van der Waals surface area contributed by atoms with E-state index in [2.05, 4.69) is 0 Å². The summed E-state index contributed by atoms with van der Waals surface area (Å²) < 4.78 is 43.9. The van der Waals surface area contributed by atoms with Gasteiger partial charge in [-0.15, -0.1) is 0 Å². The Balaban J connectivity index is 2.05. The average molecular weight is 413 g/mol. The maximum Gasteiger partial charge on any atom is 0.295 e. The lowest BCUT2D eigenvalue weighted by atomic mass is 10.1. The number of furan rings is 1. The second-order valence-electron chi connectivity index (χ2n) is 5.13. The second kappa shape index (κ2) is 7.13. The van der Waals surface area contributed by atoms with Gasteiger partial charge < -0.3 is 9.15 Å². The molecule has 3 rings (SSSR count). The Kier molecular flexibility index (Phi) is 5.06. The predicted octanol–water partition coefficient (Wildman–Crippen LogP) is 5.10. The minimum absolute atomic E-state index is 0.0227. The predicted molar refractivity (Wildman–Crippen MR) is 95.9 cm³/mol. The molecule has 0 saturated carbocycles. The van der Waals surface area contributed by atoms with Gasteiger partial charge in [0.1, 0.15) is 22.2 Å². The van der Waals surface area contributed by atoms with Gasteiger partial charge in [-0.3, -0.25) is 9.35 Å². The molecule has 0 fully saturated rings. The van der Waals surface area contributed by atoms with Gasteiger partial charge in [-0.1, -0.05) is 23.2 Å². The van der Waals surface area contributed by atoms with Gasteiger partial charge in [-0.25, -0.2) is 0 Å². The van der Waals surface area contributed by atoms with Crippen molar-refractivity contribution in [2.24, 2.45) is 0 Å². The molecule has 2 aromatic carbocycles. The highest BCUT2D eigenvalue weighted by atomic mass is 35.5. The van der Waals surface area contributed by atoms with E-state index in [1.54, 1.807) is 6.07 Å². The van der Waals surface area contributed by atoms with Crippen molar-refractivity contribution in [2.45, 2.75) is 4.90 Å². The van der Waals surface area contributed by atoms with Gasteiger partial charge in [0.25, 0.3) is 10.1 Å². The Morgan fingerprint density at radius 3 is 2.42 bits per heavy atom. The summed E-state index contributed by atoms with van der Waals surface area (Å²) >= 11 is 11.8. The molecule has 1 aromatic heterocycles. The lowest BCUT2D eigenvalue weighted by Crippen LogP contribution is -2.01. The number of carbonyl (C=O) groups is 1. The van der Waals surface area contributed by atoms with Crippen molar-refractivity contribution in [3.63, 3.8) is 0 Å². The van der Waals surface area contributed by atoms with Gasteiger partial charge in [0.15, 0.2) is 12.0 Å². The number of carbonyl (C=O) groups excluding carboxylic acids is 1. The fourth-order valence-electron chi connectivity index (χ4n) is 2.23. The van der Waals surface area contributed by atoms with Gasteiger partial charge in [-0.2, -0.15) is 8.42 Å². The number of rotatable bonds is 5. The summed E-state index contributed by atoms with van der Waals surface area (Å²) in [4.78, 5) is 10.3. The molecule has 0 bridgehead atoms. The Bertz CT molecular complexity index is 1090. The van der Waals surface area contributed by atoms with E-state index < -0.39 is 15.0 Å². The van der Waals surface area contributed by atoms with Crippen molar-refractivity contribution in [3.8, 4) is 22.8 Å². The van der Waals surface area contributed by atoms with Crippen LogP contribution in [0.1, 0.15) is 10.6 Å². The number of benzene rings is 2. The van der Waals surface area contributed by atoms with Crippen LogP contribution in [0.2, 0.25) is 10.0 Å². The maximum atomic E-state index is 11.8. The summed E-state index contributed by atoms with van der Waals surface area (Å²) in [5.74, 6) is 0.504. The Hall–Kier alpha value is -2.32. The number of hydrogen-bond donors (Lipinski definition) is 1. The van der Waals surface area contributed by atoms with Gasteiger partial charge in [0.2, 0.25) is 0 Å². The largest absolute Gasteiger partial charge is 0.456 e. The Morgan fingerprint density at radius 1 is 1.04 bits per heavy atom. The molecule has 3 aromatic rings. The first-order chi connectivity index (χ1) is 12.3. The smallest absolute Gasteiger partial charge is 0.295 e. The van der Waals surface area contributed by atoms with Crippen LogP contribution in [0, 0.1) is 0 Å². The van der Waals surface area contributed by atoms with Crippen molar-refractivity contribution < 1.29 is 26.9 Å². The summed E-state index contributed by atoms with van der Waals surface area (Å²) in [5, 5.41) is 0.650. The van der Waals surface area contributed by atoms with Crippen LogP contribution in [-0.4, -0.2) is 19.3 Å². The Labute approximate surface area is 158 Å². The molecule has 26 heavy (non-hydrogen) atoms. The third kappa shape index (κ3) is 3.91. The standard InChI is InChI=1S/C17H10Cl2O6S/c18-10-1-5-16(14(19)7-10)24-11-2-4-13(17(8-11)26(21,22)23)15-6-3-12(9-20)25-15/h1-9H,(H,21,22,23). The van der Waals surface area contributed by atoms with E-state index in [1.807, 2.05) is 0 Å². The molecule has 0 aliphatic heterocycles. The van der Waals surface area contributed by atoms with Crippen LogP contribution < -0.4 is 4.74 Å². The van der Waals surface area contributed by atoms with Gasteiger partial charge in [0, 0.05) is 16.7 Å². The number of ether oxygens (including phenoxy) is 1. The minimum Gasteiger partial charge on any atom is -0.456 e. The molecule has 134 valence electrons. The molecular weight excluding hydrogens is 403 g/mol. The number of halogens is 2. The van der Waals surface area contributed by atoms with Crippen molar-refractivity contribution in [2.75, 3.05) is 0 Å². The normalized spacial score (nSPS) is 11.3. The highest BCUT2D eigenvalue weighted by Gasteiger charge is 2.20. The third-order valence-corrected chi connectivity index (χ3v) is 4.79. The lowest BCUT2D eigenvalue weighted by Gasteiger charge is -2.11. The summed E-state index contributed by atoms with van der Waals surface area (Å²) in [7, 11) is -4.59. The van der Waals surface area contributed by atoms with E-state index in [0.717, 1.165) is 6.07 Å². The van der Waals surface area contributed by atoms with Crippen LogP contribution in [0.3, 0.4) is 0 Å². The highest BCUT2D eigenvalue weighted by Crippen LogP contribution is 2.36. The highest BCUT2D eigenvalue weighted by molar-refractivity contribution is 7.86. The van der Waals surface area contributed by atoms with Crippen molar-refractivity contribution in [1.82, 2.24) is 0 Å². The average Bonchev–Trinajstić information content (AvgIpc) is 3.05. The summed E-state index contributed by atoms with van der Waals surface area (Å²) in [6, 6.07) is 11.3. The van der Waals surface area contributed by atoms with Gasteiger partial charge in [0.05, 0.1) is 5.02 Å². The fraction of sp³-hybridized carbons (Fsp3) is 0. The van der Waals surface area contributed by atoms with Crippen LogP contribution >= 0.6 is 23.2 Å². The first kappa shape index (κ1) is 18.5. The van der Waals surface area contributed by atoms with Gasteiger partial charge >= 0.3 is 0 Å². The van der Waals surface area contributed by atoms with E-state index >= 15 is 0 Å². The van der Waals surface area contributed by atoms with Crippen LogP contribution in [-0.2, 0) is 10.1 Å². The molecule has 0 saturated heterocycles. The fourth-order valence-corrected chi connectivity index (χ4v) is 3.39. The van der Waals surface area contributed by atoms with Crippen molar-refractivity contribution >= 4 is 39.6 Å². The van der Waals surface area contributed by atoms with E-state index in [4.69, 9.17) is 32.4 Å². The molecule has 0 aliphatic rings.